The maximum atomic E-state index is 12.3. The van der Waals surface area contributed by atoms with E-state index in [1.165, 1.54) is 0 Å². The fourth-order valence-electron chi connectivity index (χ4n) is 2.08. The van der Waals surface area contributed by atoms with Crippen LogP contribution in [0.5, 0.6) is 0 Å². The third-order valence-electron chi connectivity index (χ3n) is 2.81. The van der Waals surface area contributed by atoms with Crippen molar-refractivity contribution in [1.82, 2.24) is 15.2 Å². The van der Waals surface area contributed by atoms with E-state index in [9.17, 15) is 4.79 Å². The van der Waals surface area contributed by atoms with E-state index in [2.05, 4.69) is 45.0 Å². The monoisotopic (exact) mass is 342 g/mol. The minimum absolute atomic E-state index is 0.0934. The van der Waals surface area contributed by atoms with Gasteiger partial charge in [-0.3, -0.25) is 4.79 Å². The van der Waals surface area contributed by atoms with Gasteiger partial charge < -0.3 is 16.0 Å². The molecule has 0 bridgehead atoms. The fourth-order valence-corrected chi connectivity index (χ4v) is 2.42. The van der Waals surface area contributed by atoms with Crippen molar-refractivity contribution in [3.63, 3.8) is 0 Å². The Morgan fingerprint density at radius 3 is 2.70 bits per heavy atom. The van der Waals surface area contributed by atoms with Crippen LogP contribution in [0.3, 0.4) is 0 Å². The first kappa shape index (κ1) is 16.9. The molecule has 0 fully saturated rings. The maximum absolute atomic E-state index is 12.3. The minimum Gasteiger partial charge on any atom is -0.383 e. The van der Waals surface area contributed by atoms with E-state index in [0.717, 1.165) is 17.4 Å². The number of nitrogens with two attached hydrogens (primary N) is 1. The van der Waals surface area contributed by atoms with E-state index in [4.69, 9.17) is 5.73 Å². The van der Waals surface area contributed by atoms with Crippen molar-refractivity contribution in [2.45, 2.75) is 26.3 Å². The van der Waals surface area contributed by atoms with Crippen molar-refractivity contribution in [1.29, 1.82) is 0 Å². The summed E-state index contributed by atoms with van der Waals surface area (Å²) in [6.45, 7) is 5.08. The van der Waals surface area contributed by atoms with E-state index >= 15 is 0 Å². The third-order valence-corrected chi connectivity index (χ3v) is 3.24. The van der Waals surface area contributed by atoms with Crippen LogP contribution in [-0.2, 0) is 0 Å². The molecule has 1 rings (SSSR count). The summed E-state index contributed by atoms with van der Waals surface area (Å²) in [6, 6.07) is 1.79. The zero-order chi connectivity index (χ0) is 15.3. The van der Waals surface area contributed by atoms with Gasteiger partial charge in [-0.1, -0.05) is 13.8 Å². The van der Waals surface area contributed by atoms with Gasteiger partial charge in [-0.25, -0.2) is 4.98 Å². The van der Waals surface area contributed by atoms with Gasteiger partial charge in [-0.15, -0.1) is 0 Å². The molecule has 1 aromatic heterocycles. The van der Waals surface area contributed by atoms with Crippen molar-refractivity contribution in [2.24, 2.45) is 5.92 Å². The Hall–Kier alpha value is -1.14. The van der Waals surface area contributed by atoms with E-state index in [1.54, 1.807) is 12.3 Å². The summed E-state index contributed by atoms with van der Waals surface area (Å²) in [4.78, 5) is 18.4. The van der Waals surface area contributed by atoms with Crippen LogP contribution in [0.25, 0.3) is 0 Å². The van der Waals surface area contributed by atoms with Crippen LogP contribution in [0.4, 0.5) is 5.82 Å². The van der Waals surface area contributed by atoms with Crippen LogP contribution in [0, 0.1) is 5.92 Å². The van der Waals surface area contributed by atoms with E-state index in [-0.39, 0.29) is 17.8 Å². The van der Waals surface area contributed by atoms with Crippen LogP contribution in [0.1, 0.15) is 30.6 Å². The van der Waals surface area contributed by atoms with Crippen LogP contribution in [0.2, 0.25) is 0 Å². The summed E-state index contributed by atoms with van der Waals surface area (Å²) in [7, 11) is 3.99. The first-order valence-corrected chi connectivity index (χ1v) is 7.45. The molecule has 0 aromatic carbocycles. The highest BCUT2D eigenvalue weighted by atomic mass is 79.9. The van der Waals surface area contributed by atoms with Gasteiger partial charge in [0.25, 0.3) is 5.91 Å². The summed E-state index contributed by atoms with van der Waals surface area (Å²) in [6.07, 6.45) is 2.50. The molecule has 6 heteroatoms. The highest BCUT2D eigenvalue weighted by Crippen LogP contribution is 2.16. The lowest BCUT2D eigenvalue weighted by atomic mass is 10.0. The number of hydrogen-bond donors (Lipinski definition) is 2. The Balaban J connectivity index is 2.81. The lowest BCUT2D eigenvalue weighted by molar-refractivity contribution is 0.0925. The molecule has 112 valence electrons. The van der Waals surface area contributed by atoms with Gasteiger partial charge in [0.2, 0.25) is 0 Å². The standard InChI is InChI=1S/C14H23BrN4O/c1-9(2)5-11(8-19(3)4)18-14(20)12-6-10(15)7-17-13(12)16/h6-7,9,11H,5,8H2,1-4H3,(H2,16,17)(H,18,20). The zero-order valence-electron chi connectivity index (χ0n) is 12.5. The molecule has 1 heterocycles. The molecule has 0 saturated heterocycles. The maximum Gasteiger partial charge on any atom is 0.255 e. The number of carbonyl (C=O) groups excluding carboxylic acids is 1. The van der Waals surface area contributed by atoms with Crippen LogP contribution < -0.4 is 11.1 Å². The molecule has 1 aromatic rings. The lowest BCUT2D eigenvalue weighted by Gasteiger charge is -2.24. The van der Waals surface area contributed by atoms with Crippen molar-refractivity contribution >= 4 is 27.7 Å². The van der Waals surface area contributed by atoms with Gasteiger partial charge in [0.1, 0.15) is 5.82 Å². The number of pyridine rings is 1. The van der Waals surface area contributed by atoms with Crippen molar-refractivity contribution in [3.8, 4) is 0 Å². The molecule has 0 aliphatic heterocycles. The van der Waals surface area contributed by atoms with E-state index in [0.29, 0.717) is 11.5 Å². The lowest BCUT2D eigenvalue weighted by Crippen LogP contribution is -2.42. The molecule has 1 unspecified atom stereocenters. The molecule has 0 aliphatic rings. The Kier molecular flexibility index (Phi) is 6.42. The summed E-state index contributed by atoms with van der Waals surface area (Å²) in [5.41, 5.74) is 6.17. The summed E-state index contributed by atoms with van der Waals surface area (Å²) >= 11 is 3.31. The molecule has 0 aliphatic carbocycles. The van der Waals surface area contributed by atoms with Gasteiger partial charge in [0, 0.05) is 23.3 Å². The van der Waals surface area contributed by atoms with E-state index < -0.39 is 0 Å². The number of nitrogens with one attached hydrogen (secondary N) is 1. The molecule has 0 radical (unpaired) electrons. The molecular formula is C14H23BrN4O. The Bertz CT molecular complexity index is 452. The largest absolute Gasteiger partial charge is 0.383 e. The Morgan fingerprint density at radius 2 is 2.15 bits per heavy atom. The molecule has 0 spiro atoms. The van der Waals surface area contributed by atoms with Gasteiger partial charge in [-0.2, -0.15) is 0 Å². The second-order valence-electron chi connectivity index (χ2n) is 5.65. The van der Waals surface area contributed by atoms with Gasteiger partial charge in [0.15, 0.2) is 0 Å². The molecular weight excluding hydrogens is 320 g/mol. The SMILES string of the molecule is CC(C)CC(CN(C)C)NC(=O)c1cc(Br)cnc1N. The zero-order valence-corrected chi connectivity index (χ0v) is 14.1. The first-order valence-electron chi connectivity index (χ1n) is 6.66. The predicted octanol–water partition coefficient (Wildman–Crippen LogP) is 2.13. The molecule has 3 N–H and O–H groups in total. The number of hydrogen-bond acceptors (Lipinski definition) is 4. The number of anilines is 1. The van der Waals surface area contributed by atoms with Gasteiger partial charge in [-0.05, 0) is 48.4 Å². The quantitative estimate of drug-likeness (QED) is 0.830. The van der Waals surface area contributed by atoms with Crippen LogP contribution in [0.15, 0.2) is 16.7 Å². The van der Waals surface area contributed by atoms with Gasteiger partial charge >= 0.3 is 0 Å². The first-order chi connectivity index (χ1) is 9.29. The normalized spacial score (nSPS) is 12.8. The average molecular weight is 343 g/mol. The number of nitrogens with zero attached hydrogens (tertiary/aromatic N) is 2. The topological polar surface area (TPSA) is 71.2 Å². The molecule has 0 saturated carbocycles. The smallest absolute Gasteiger partial charge is 0.255 e. The number of amides is 1. The second kappa shape index (κ2) is 7.59. The highest BCUT2D eigenvalue weighted by molar-refractivity contribution is 9.10. The number of likely N-dealkylation sites (N-methyl/N-ethyl adjacent to an activating group) is 1. The van der Waals surface area contributed by atoms with Crippen molar-refractivity contribution < 1.29 is 4.79 Å². The average Bonchev–Trinajstić information content (AvgIpc) is 2.30. The Labute approximate surface area is 129 Å². The molecule has 1 atom stereocenters. The second-order valence-corrected chi connectivity index (χ2v) is 6.56. The van der Waals surface area contributed by atoms with Gasteiger partial charge in [0.05, 0.1) is 5.56 Å². The predicted molar refractivity (Wildman–Crippen MR) is 85.6 cm³/mol. The number of carbonyl (C=O) groups is 1. The van der Waals surface area contributed by atoms with Crippen molar-refractivity contribution in [2.75, 3.05) is 26.4 Å². The third kappa shape index (κ3) is 5.46. The summed E-state index contributed by atoms with van der Waals surface area (Å²) < 4.78 is 0.741. The van der Waals surface area contributed by atoms with E-state index in [1.807, 2.05) is 14.1 Å². The minimum atomic E-state index is -0.177. The molecule has 1 amide bonds. The molecule has 5 nitrogen and oxygen atoms in total. The summed E-state index contributed by atoms with van der Waals surface area (Å²) in [5.74, 6) is 0.584. The summed E-state index contributed by atoms with van der Waals surface area (Å²) in [5, 5.41) is 3.04. The Morgan fingerprint density at radius 1 is 1.50 bits per heavy atom. The highest BCUT2D eigenvalue weighted by Gasteiger charge is 2.18. The van der Waals surface area contributed by atoms with Crippen molar-refractivity contribution in [3.05, 3.63) is 22.3 Å². The number of aromatic nitrogens is 1. The molecule has 20 heavy (non-hydrogen) atoms. The number of halogens is 1. The van der Waals surface area contributed by atoms with Crippen LogP contribution >= 0.6 is 15.9 Å². The number of rotatable bonds is 6. The fraction of sp³-hybridized carbons (Fsp3) is 0.571. The number of nitrogen functional groups attached to an aromatic ring is 1. The van der Waals surface area contributed by atoms with Crippen LogP contribution in [-0.4, -0.2) is 42.5 Å².